The van der Waals surface area contributed by atoms with Crippen LogP contribution < -0.4 is 5.73 Å². The topological polar surface area (TPSA) is 29.3 Å². The third-order valence-corrected chi connectivity index (χ3v) is 3.58. The Hall–Kier alpha value is -1.32. The Balaban J connectivity index is 2.03. The highest BCUT2D eigenvalue weighted by atomic mass is 79.9. The van der Waals surface area contributed by atoms with Gasteiger partial charge in [-0.25, -0.2) is 0 Å². The number of benzene rings is 2. The van der Waals surface area contributed by atoms with Gasteiger partial charge in [-0.3, -0.25) is 4.90 Å². The fourth-order valence-corrected chi connectivity index (χ4v) is 2.33. The number of hydrogen-bond donors (Lipinski definition) is 1. The van der Waals surface area contributed by atoms with Crippen LogP contribution in [0.25, 0.3) is 0 Å². The van der Waals surface area contributed by atoms with Crippen molar-refractivity contribution in [2.24, 2.45) is 0 Å². The van der Waals surface area contributed by atoms with Gasteiger partial charge in [0.15, 0.2) is 0 Å². The molecular weight excluding hydrogens is 288 g/mol. The molecule has 0 radical (unpaired) electrons. The molecule has 0 heterocycles. The number of nitrogen functional groups attached to an aromatic ring is 1. The largest absolute Gasteiger partial charge is 0.399 e. The summed E-state index contributed by atoms with van der Waals surface area (Å²) < 4.78 is 1.11. The Labute approximate surface area is 117 Å². The molecular formula is C15H17BrN2. The summed E-state index contributed by atoms with van der Waals surface area (Å²) >= 11 is 3.56. The van der Waals surface area contributed by atoms with Crippen LogP contribution in [0, 0.1) is 0 Å². The van der Waals surface area contributed by atoms with Gasteiger partial charge < -0.3 is 5.73 Å². The minimum Gasteiger partial charge on any atom is -0.399 e. The van der Waals surface area contributed by atoms with Gasteiger partial charge in [0.2, 0.25) is 0 Å². The van der Waals surface area contributed by atoms with Crippen molar-refractivity contribution in [2.45, 2.75) is 13.1 Å². The van der Waals surface area contributed by atoms with Crippen molar-refractivity contribution in [1.82, 2.24) is 4.90 Å². The summed E-state index contributed by atoms with van der Waals surface area (Å²) in [7, 11) is 2.11. The number of halogens is 1. The van der Waals surface area contributed by atoms with E-state index in [-0.39, 0.29) is 0 Å². The number of nitrogens with zero attached hydrogens (tertiary/aromatic N) is 1. The molecule has 2 aromatic carbocycles. The van der Waals surface area contributed by atoms with Gasteiger partial charge in [-0.05, 0) is 36.4 Å². The predicted molar refractivity (Wildman–Crippen MR) is 80.2 cm³/mol. The zero-order valence-corrected chi connectivity index (χ0v) is 12.0. The van der Waals surface area contributed by atoms with Crippen LogP contribution in [0.3, 0.4) is 0 Å². The van der Waals surface area contributed by atoms with E-state index < -0.39 is 0 Å². The van der Waals surface area contributed by atoms with E-state index >= 15 is 0 Å². The van der Waals surface area contributed by atoms with Crippen molar-refractivity contribution in [2.75, 3.05) is 12.8 Å². The van der Waals surface area contributed by atoms with E-state index in [0.29, 0.717) is 0 Å². The SMILES string of the molecule is CN(Cc1ccccc1)Cc1cc(N)ccc1Br. The lowest BCUT2D eigenvalue weighted by Gasteiger charge is -2.18. The quantitative estimate of drug-likeness (QED) is 0.873. The van der Waals surface area contributed by atoms with Crippen LogP contribution in [-0.2, 0) is 13.1 Å². The lowest BCUT2D eigenvalue weighted by molar-refractivity contribution is 0.318. The van der Waals surface area contributed by atoms with Gasteiger partial charge in [0.05, 0.1) is 0 Å². The second-order valence-electron chi connectivity index (χ2n) is 4.51. The zero-order chi connectivity index (χ0) is 13.0. The third kappa shape index (κ3) is 3.59. The van der Waals surface area contributed by atoms with Crippen LogP contribution in [0.1, 0.15) is 11.1 Å². The molecule has 0 bridgehead atoms. The molecule has 3 heteroatoms. The first-order valence-corrected chi connectivity index (χ1v) is 6.71. The molecule has 0 aliphatic rings. The summed E-state index contributed by atoms with van der Waals surface area (Å²) in [5, 5.41) is 0. The van der Waals surface area contributed by atoms with E-state index in [1.165, 1.54) is 11.1 Å². The summed E-state index contributed by atoms with van der Waals surface area (Å²) in [6.45, 7) is 1.81. The van der Waals surface area contributed by atoms with Crippen molar-refractivity contribution < 1.29 is 0 Å². The summed E-state index contributed by atoms with van der Waals surface area (Å²) in [5.74, 6) is 0. The molecule has 2 nitrogen and oxygen atoms in total. The molecule has 0 amide bonds. The fraction of sp³-hybridized carbons (Fsp3) is 0.200. The van der Waals surface area contributed by atoms with E-state index in [1.54, 1.807) is 0 Å². The Morgan fingerprint density at radius 1 is 1.06 bits per heavy atom. The molecule has 0 atom stereocenters. The zero-order valence-electron chi connectivity index (χ0n) is 10.4. The van der Waals surface area contributed by atoms with Crippen molar-refractivity contribution in [3.05, 3.63) is 64.1 Å². The number of anilines is 1. The van der Waals surface area contributed by atoms with E-state index in [0.717, 1.165) is 23.2 Å². The maximum atomic E-state index is 5.82. The van der Waals surface area contributed by atoms with Gasteiger partial charge in [-0.15, -0.1) is 0 Å². The monoisotopic (exact) mass is 304 g/mol. The van der Waals surface area contributed by atoms with Gasteiger partial charge in [0, 0.05) is 23.2 Å². The Bertz CT molecular complexity index is 511. The number of nitrogens with two attached hydrogens (primary N) is 1. The minimum absolute atomic E-state index is 0.807. The highest BCUT2D eigenvalue weighted by Gasteiger charge is 2.05. The molecule has 0 aromatic heterocycles. The second-order valence-corrected chi connectivity index (χ2v) is 5.36. The van der Waals surface area contributed by atoms with Crippen molar-refractivity contribution in [1.29, 1.82) is 0 Å². The molecule has 0 aliphatic heterocycles. The van der Waals surface area contributed by atoms with Crippen molar-refractivity contribution in [3.63, 3.8) is 0 Å². The van der Waals surface area contributed by atoms with Gasteiger partial charge in [0.1, 0.15) is 0 Å². The lowest BCUT2D eigenvalue weighted by Crippen LogP contribution is -2.17. The Kier molecular flexibility index (Phi) is 4.39. The molecule has 18 heavy (non-hydrogen) atoms. The molecule has 2 aromatic rings. The van der Waals surface area contributed by atoms with E-state index in [9.17, 15) is 0 Å². The Morgan fingerprint density at radius 2 is 1.78 bits per heavy atom. The summed E-state index contributed by atoms with van der Waals surface area (Å²) in [6, 6.07) is 16.4. The van der Waals surface area contributed by atoms with E-state index in [2.05, 4.69) is 52.1 Å². The standard InChI is InChI=1S/C15H17BrN2/c1-18(10-12-5-3-2-4-6-12)11-13-9-14(17)7-8-15(13)16/h2-9H,10-11,17H2,1H3. The van der Waals surface area contributed by atoms with Crippen LogP contribution in [0.5, 0.6) is 0 Å². The summed E-state index contributed by atoms with van der Waals surface area (Å²) in [6.07, 6.45) is 0. The molecule has 0 unspecified atom stereocenters. The maximum Gasteiger partial charge on any atom is 0.0318 e. The molecule has 0 saturated carbocycles. The van der Waals surface area contributed by atoms with Crippen LogP contribution in [0.4, 0.5) is 5.69 Å². The first kappa shape index (κ1) is 13.1. The summed E-state index contributed by atoms with van der Waals surface area (Å²) in [4.78, 5) is 2.27. The van der Waals surface area contributed by atoms with Crippen LogP contribution in [0.15, 0.2) is 53.0 Å². The van der Waals surface area contributed by atoms with Gasteiger partial charge in [0.25, 0.3) is 0 Å². The molecule has 2 rings (SSSR count). The number of rotatable bonds is 4. The van der Waals surface area contributed by atoms with Crippen LogP contribution >= 0.6 is 15.9 Å². The second kappa shape index (κ2) is 6.03. The molecule has 0 aliphatic carbocycles. The van der Waals surface area contributed by atoms with Gasteiger partial charge in [-0.2, -0.15) is 0 Å². The minimum atomic E-state index is 0.807. The molecule has 0 saturated heterocycles. The van der Waals surface area contributed by atoms with E-state index in [1.807, 2.05) is 24.3 Å². The molecule has 0 spiro atoms. The van der Waals surface area contributed by atoms with Crippen molar-refractivity contribution in [3.8, 4) is 0 Å². The van der Waals surface area contributed by atoms with Gasteiger partial charge >= 0.3 is 0 Å². The first-order chi connectivity index (χ1) is 8.65. The van der Waals surface area contributed by atoms with Crippen molar-refractivity contribution >= 4 is 21.6 Å². The Morgan fingerprint density at radius 3 is 2.50 bits per heavy atom. The van der Waals surface area contributed by atoms with E-state index in [4.69, 9.17) is 5.73 Å². The highest BCUT2D eigenvalue weighted by molar-refractivity contribution is 9.10. The molecule has 2 N–H and O–H groups in total. The lowest BCUT2D eigenvalue weighted by atomic mass is 10.1. The average Bonchev–Trinajstić information content (AvgIpc) is 2.35. The fourth-order valence-electron chi connectivity index (χ4n) is 1.96. The smallest absolute Gasteiger partial charge is 0.0318 e. The highest BCUT2D eigenvalue weighted by Crippen LogP contribution is 2.21. The third-order valence-electron chi connectivity index (χ3n) is 2.81. The van der Waals surface area contributed by atoms with Crippen LogP contribution in [-0.4, -0.2) is 11.9 Å². The molecule has 94 valence electrons. The normalized spacial score (nSPS) is 10.8. The predicted octanol–water partition coefficient (Wildman–Crippen LogP) is 3.66. The van der Waals surface area contributed by atoms with Crippen LogP contribution in [0.2, 0.25) is 0 Å². The summed E-state index contributed by atoms with van der Waals surface area (Å²) in [5.41, 5.74) is 9.16. The molecule has 0 fully saturated rings. The number of hydrogen-bond acceptors (Lipinski definition) is 2. The maximum absolute atomic E-state index is 5.82. The van der Waals surface area contributed by atoms with Gasteiger partial charge in [-0.1, -0.05) is 46.3 Å². The first-order valence-electron chi connectivity index (χ1n) is 5.91. The average molecular weight is 305 g/mol.